The number of aromatic nitrogens is 16. The lowest BCUT2D eigenvalue weighted by Crippen LogP contribution is -2.37. The highest BCUT2D eigenvalue weighted by atomic mass is 79.9. The molecule has 660 valence electrons. The molecule has 11 aromatic heterocycles. The summed E-state index contributed by atoms with van der Waals surface area (Å²) in [7, 11) is 8.52. The quantitative estimate of drug-likeness (QED) is 0.0122. The van der Waals surface area contributed by atoms with Gasteiger partial charge < -0.3 is 76.3 Å². The lowest BCUT2D eigenvalue weighted by Gasteiger charge is -2.11. The Morgan fingerprint density at radius 1 is 0.508 bits per heavy atom. The van der Waals surface area contributed by atoms with Crippen LogP contribution in [0, 0.1) is 41.5 Å². The molecule has 2 aromatic carbocycles. The Balaban J connectivity index is 0.000000364. The number of aliphatic hydroxyl groups excluding tert-OH is 1. The molecule has 13 rings (SSSR count). The van der Waals surface area contributed by atoms with Crippen LogP contribution in [0.1, 0.15) is 219 Å². The van der Waals surface area contributed by atoms with Gasteiger partial charge in [-0.3, -0.25) is 33.0 Å². The number of esters is 2. The second-order valence-electron chi connectivity index (χ2n) is 25.9. The Labute approximate surface area is 727 Å². The third-order valence-corrected chi connectivity index (χ3v) is 16.2. The molecule has 122 heavy (non-hydrogen) atoms. The Bertz CT molecular complexity index is 5320. The first kappa shape index (κ1) is 104. The number of alkyl halides is 1. The van der Waals surface area contributed by atoms with Crippen molar-refractivity contribution in [2.24, 2.45) is 0 Å². The zero-order valence-electron chi connectivity index (χ0n) is 68.4. The summed E-state index contributed by atoms with van der Waals surface area (Å²) in [5.74, 6) is 3.09. The molecule has 0 aliphatic rings. The molecule has 0 spiro atoms. The van der Waals surface area contributed by atoms with E-state index in [4.69, 9.17) is 72.4 Å². The molecular formula is C78H99BBrCl3N16O22S. The number of methoxy groups -OCH3 is 2. The summed E-state index contributed by atoms with van der Waals surface area (Å²) < 4.78 is 64.7. The first-order valence-corrected chi connectivity index (χ1v) is 40.0. The van der Waals surface area contributed by atoms with Gasteiger partial charge in [0.2, 0.25) is 19.6 Å². The standard InChI is InChI=1S/C18H19N3O4.C11H14ClN3O.C11H13N3O3.C11H15N3O2.C7H6O3.C6H11BN2O2.C6H6BrNO3.C6H7NO3.2CH4.Cl2OS/c1-11(2)21-15(7-8-19-21)18-14(20-12(3)25-18)10-24-17-6-4-5-16(23)13(17)9-22;1-7(2)15-10(4-5-13-15)11-9(6-12)14-8(3)16-11;1-6(2)14-8(4-5-12-14)10-9(11(15)16)13-7(3)17-10;1-7(2)14-10(4-5-12-14)11-9(6-15)13-8(3)16-11;8-4-5-6(9)2-1-3-7(5)10;1-5(2)9-6(7(10)11)3-4-8-9;1-3-8-4(5(7)11-3)6(9)10-2;1-4-7-5(3-10-4)6(8)9-2;;;1-4(2)3/h4-9,11,23H,10H2,1-3H3;4-5,7H,6H2,1-3H3;4-6H,1-3H3,(H,15,16);4-5,7,15H,6H2,1-3H3;1-4,9-10H;3-5,10-11H,1-2H3;1-2H3;3H,1-2H3;2*1H4;. The van der Waals surface area contributed by atoms with Crippen molar-refractivity contribution in [3.05, 3.63) is 189 Å². The minimum Gasteiger partial charge on any atom is -0.507 e. The van der Waals surface area contributed by atoms with Gasteiger partial charge in [-0.2, -0.15) is 25.5 Å². The molecule has 44 heteroatoms. The van der Waals surface area contributed by atoms with Crippen molar-refractivity contribution in [1.82, 2.24) is 78.8 Å². The minimum atomic E-state index is -1.67. The molecule has 0 radical (unpaired) electrons. The highest BCUT2D eigenvalue weighted by Gasteiger charge is 2.26. The predicted molar refractivity (Wildman–Crippen MR) is 455 cm³/mol. The van der Waals surface area contributed by atoms with Crippen molar-refractivity contribution in [3.8, 4) is 68.8 Å². The van der Waals surface area contributed by atoms with Gasteiger partial charge >= 0.3 is 25.0 Å². The topological polar surface area (TPSA) is 517 Å². The minimum absolute atomic E-state index is 0. The number of rotatable bonds is 20. The van der Waals surface area contributed by atoms with Gasteiger partial charge in [-0.15, -0.1) is 11.6 Å². The van der Waals surface area contributed by atoms with Gasteiger partial charge in [-0.1, -0.05) is 27.0 Å². The number of aliphatic hydroxyl groups is 1. The summed E-state index contributed by atoms with van der Waals surface area (Å²) >= 11 is 8.87. The second kappa shape index (κ2) is 50.4. The van der Waals surface area contributed by atoms with Crippen LogP contribution in [-0.2, 0) is 37.8 Å². The van der Waals surface area contributed by atoms with Crippen LogP contribution in [0.5, 0.6) is 23.0 Å². The molecule has 0 unspecified atom stereocenters. The Morgan fingerprint density at radius 2 is 0.869 bits per heavy atom. The van der Waals surface area contributed by atoms with E-state index in [1.165, 1.54) is 44.7 Å². The maximum Gasteiger partial charge on any atom is 0.507 e. The van der Waals surface area contributed by atoms with Gasteiger partial charge in [0.15, 0.2) is 82.3 Å². The van der Waals surface area contributed by atoms with Crippen LogP contribution in [0.4, 0.5) is 0 Å². The Kier molecular flexibility index (Phi) is 43.1. The molecule has 0 atom stereocenters. The highest BCUT2D eigenvalue weighted by Crippen LogP contribution is 2.33. The van der Waals surface area contributed by atoms with Crippen molar-refractivity contribution < 1.29 is 104 Å². The van der Waals surface area contributed by atoms with E-state index in [9.17, 15) is 34.2 Å². The van der Waals surface area contributed by atoms with E-state index >= 15 is 0 Å². The van der Waals surface area contributed by atoms with Crippen molar-refractivity contribution in [3.63, 3.8) is 0 Å². The number of aryl methyl sites for hydroxylation is 6. The number of carbonyl (C=O) groups excluding carboxylic acids is 4. The van der Waals surface area contributed by atoms with Crippen LogP contribution in [-0.4, -0.2) is 170 Å². The van der Waals surface area contributed by atoms with Gasteiger partial charge in [0.25, 0.3) is 0 Å². The molecule has 0 fully saturated rings. The smallest absolute Gasteiger partial charge is 0.507 e. The van der Waals surface area contributed by atoms with Crippen molar-refractivity contribution in [1.29, 1.82) is 0 Å². The van der Waals surface area contributed by atoms with E-state index in [2.05, 4.69) is 116 Å². The SMILES string of the molecule is C.C.CC(C)n1nccc1B(O)O.COC(=O)c1coc(C)n1.COC(=O)c1nc(C)oc1Br.Cc1nc(C(=O)O)c(-c2ccnn2C(C)C)o1.Cc1nc(CCl)c(-c2ccnn2C(C)C)o1.Cc1nc(CO)c(-c2ccnn2C(C)C)o1.Cc1nc(COc2cccc(O)c2C=O)c(-c2ccnn2C(C)C)o1.O=Cc1c(O)cccc1O.O=S(Cl)Cl. The zero-order valence-corrected chi connectivity index (χ0v) is 73.1. The number of phenols is 3. The number of aldehydes is 2. The zero-order chi connectivity index (χ0) is 89.5. The number of carboxylic acids is 1. The summed E-state index contributed by atoms with van der Waals surface area (Å²) in [5.41, 5.74) is 5.89. The van der Waals surface area contributed by atoms with E-state index in [0.717, 1.165) is 28.5 Å². The number of carboxylic acid groups (broad SMARTS) is 1. The van der Waals surface area contributed by atoms with Crippen molar-refractivity contribution >= 4 is 101 Å². The molecule has 0 saturated heterocycles. The molecule has 0 aliphatic carbocycles. The number of phenolic OH excluding ortho intramolecular Hbond substituents is 3. The summed E-state index contributed by atoms with van der Waals surface area (Å²) in [6.07, 6.45) is 10.6. The third-order valence-electron chi connectivity index (χ3n) is 15.4. The number of aromatic hydroxyl groups is 3. The number of carbonyl (C=O) groups is 5. The van der Waals surface area contributed by atoms with Gasteiger partial charge in [-0.05, 0) is 140 Å². The number of ether oxygens (including phenoxy) is 3. The van der Waals surface area contributed by atoms with Gasteiger partial charge in [0.05, 0.1) is 43.4 Å². The van der Waals surface area contributed by atoms with Gasteiger partial charge in [-0.25, -0.2) is 48.5 Å². The van der Waals surface area contributed by atoms with E-state index in [1.54, 1.807) is 99.2 Å². The molecule has 0 aliphatic heterocycles. The molecule has 0 saturated carbocycles. The summed E-state index contributed by atoms with van der Waals surface area (Å²) in [6.45, 7) is 30.3. The maximum absolute atomic E-state index is 11.2. The van der Waals surface area contributed by atoms with E-state index < -0.39 is 34.3 Å². The Morgan fingerprint density at radius 3 is 1.23 bits per heavy atom. The number of aromatic carboxylic acids is 1. The van der Waals surface area contributed by atoms with E-state index in [1.807, 2.05) is 94.6 Å². The first-order chi connectivity index (χ1) is 56.8. The van der Waals surface area contributed by atoms with Crippen LogP contribution in [0.25, 0.3) is 45.8 Å². The van der Waals surface area contributed by atoms with Crippen molar-refractivity contribution in [2.45, 2.75) is 175 Å². The fourth-order valence-electron chi connectivity index (χ4n) is 10.4. The number of benzene rings is 2. The van der Waals surface area contributed by atoms with Crippen LogP contribution >= 0.6 is 48.9 Å². The van der Waals surface area contributed by atoms with Gasteiger partial charge in [0.1, 0.15) is 75.7 Å². The highest BCUT2D eigenvalue weighted by molar-refractivity contribution is 9.10. The number of halogens is 4. The number of hydrogen-bond acceptors (Lipinski definition) is 32. The molecule has 13 aromatic rings. The number of hydrogen-bond donors (Lipinski definition) is 7. The van der Waals surface area contributed by atoms with E-state index in [0.29, 0.717) is 98.4 Å². The molecular weight excluding hydrogens is 1740 g/mol. The molecule has 0 amide bonds. The van der Waals surface area contributed by atoms with Crippen molar-refractivity contribution in [2.75, 3.05) is 14.2 Å². The predicted octanol–water partition coefficient (Wildman–Crippen LogP) is 15.4. The van der Waals surface area contributed by atoms with Crippen LogP contribution in [0.2, 0.25) is 0 Å². The first-order valence-electron chi connectivity index (χ1n) is 35.9. The molecule has 11 heterocycles. The molecule has 0 bridgehead atoms. The third kappa shape index (κ3) is 29.8. The average molecular weight is 1840 g/mol. The summed E-state index contributed by atoms with van der Waals surface area (Å²) in [6, 6.07) is 18.7. The lowest BCUT2D eigenvalue weighted by atomic mass is 9.86. The van der Waals surface area contributed by atoms with Crippen LogP contribution in [0.15, 0.2) is 135 Å². The fraction of sp³-hybridized carbons (Fsp3) is 0.359. The monoisotopic (exact) mass is 1840 g/mol. The van der Waals surface area contributed by atoms with Crippen LogP contribution in [0.3, 0.4) is 0 Å². The second-order valence-corrected chi connectivity index (χ2v) is 29.4. The number of oxazole rings is 6. The largest absolute Gasteiger partial charge is 0.507 e. The Hall–Kier alpha value is -11.9. The van der Waals surface area contributed by atoms with Crippen LogP contribution < -0.4 is 10.3 Å². The average Bonchev–Trinajstić information content (AvgIpc) is 2.46. The number of nitrogens with zero attached hydrogens (tertiary/aromatic N) is 16. The summed E-state index contributed by atoms with van der Waals surface area (Å²) in [5, 5.41) is 84.3. The maximum atomic E-state index is 11.2. The van der Waals surface area contributed by atoms with E-state index in [-0.39, 0.29) is 109 Å². The fourth-order valence-corrected chi connectivity index (χ4v) is 11.1. The lowest BCUT2D eigenvalue weighted by molar-refractivity contribution is 0.0584. The molecule has 7 N–H and O–H groups in total. The van der Waals surface area contributed by atoms with Gasteiger partial charge in [0, 0.05) is 124 Å². The normalized spacial score (nSPS) is 10.4. The molecule has 38 nitrogen and oxygen atoms in total. The summed E-state index contributed by atoms with van der Waals surface area (Å²) in [4.78, 5) is 78.0.